The molecule has 0 aliphatic rings. The van der Waals surface area contributed by atoms with Gasteiger partial charge in [-0.05, 0) is 38.0 Å². The third-order valence-corrected chi connectivity index (χ3v) is 3.05. The lowest BCUT2D eigenvalue weighted by Gasteiger charge is -2.21. The van der Waals surface area contributed by atoms with E-state index < -0.39 is 0 Å². The van der Waals surface area contributed by atoms with Crippen molar-refractivity contribution in [2.75, 3.05) is 19.6 Å². The van der Waals surface area contributed by atoms with E-state index in [4.69, 9.17) is 5.73 Å². The minimum Gasteiger partial charge on any atom is -0.339 e. The fourth-order valence-electron chi connectivity index (χ4n) is 1.99. The lowest BCUT2D eigenvalue weighted by molar-refractivity contribution is 0.0763. The molecule has 19 heavy (non-hydrogen) atoms. The van der Waals surface area contributed by atoms with Crippen molar-refractivity contribution in [3.8, 4) is 11.8 Å². The maximum absolute atomic E-state index is 12.5. The summed E-state index contributed by atoms with van der Waals surface area (Å²) in [5, 5.41) is 0. The average molecular weight is 258 g/mol. The Bertz CT molecular complexity index is 497. The van der Waals surface area contributed by atoms with Gasteiger partial charge in [0.15, 0.2) is 0 Å². The van der Waals surface area contributed by atoms with Gasteiger partial charge in [0.25, 0.3) is 5.91 Å². The van der Waals surface area contributed by atoms with Crippen LogP contribution in [0.1, 0.15) is 41.8 Å². The molecule has 1 aromatic carbocycles. The third-order valence-electron chi connectivity index (χ3n) is 3.05. The lowest BCUT2D eigenvalue weighted by Crippen LogP contribution is -2.32. The second-order valence-corrected chi connectivity index (χ2v) is 4.37. The Morgan fingerprint density at radius 1 is 1.37 bits per heavy atom. The number of amides is 1. The van der Waals surface area contributed by atoms with Crippen molar-refractivity contribution in [2.24, 2.45) is 5.73 Å². The van der Waals surface area contributed by atoms with Crippen LogP contribution in [0.3, 0.4) is 0 Å². The minimum absolute atomic E-state index is 0.0817. The number of hydrogen-bond acceptors (Lipinski definition) is 2. The highest BCUT2D eigenvalue weighted by atomic mass is 16.2. The van der Waals surface area contributed by atoms with Crippen LogP contribution in [0, 0.1) is 18.8 Å². The van der Waals surface area contributed by atoms with Crippen LogP contribution in [-0.4, -0.2) is 30.4 Å². The highest BCUT2D eigenvalue weighted by Gasteiger charge is 2.16. The molecule has 0 unspecified atom stereocenters. The van der Waals surface area contributed by atoms with Crippen LogP contribution in [0.25, 0.3) is 0 Å². The van der Waals surface area contributed by atoms with E-state index in [1.807, 2.05) is 36.9 Å². The van der Waals surface area contributed by atoms with Gasteiger partial charge in [0.1, 0.15) is 0 Å². The molecule has 1 amide bonds. The minimum atomic E-state index is 0.0817. The molecule has 0 aliphatic heterocycles. The topological polar surface area (TPSA) is 46.3 Å². The van der Waals surface area contributed by atoms with Crippen LogP contribution in [0.5, 0.6) is 0 Å². The first kappa shape index (κ1) is 15.3. The van der Waals surface area contributed by atoms with Gasteiger partial charge in [0.2, 0.25) is 0 Å². The van der Waals surface area contributed by atoms with Gasteiger partial charge in [-0.2, -0.15) is 0 Å². The number of carbonyl (C=O) groups excluding carboxylic acids is 1. The molecule has 0 fully saturated rings. The molecule has 102 valence electrons. The summed E-state index contributed by atoms with van der Waals surface area (Å²) in [6.45, 7) is 7.85. The van der Waals surface area contributed by atoms with E-state index in [2.05, 4.69) is 18.8 Å². The van der Waals surface area contributed by atoms with E-state index >= 15 is 0 Å². The maximum Gasteiger partial charge on any atom is 0.254 e. The molecule has 0 spiro atoms. The van der Waals surface area contributed by atoms with Gasteiger partial charge in [-0.3, -0.25) is 4.79 Å². The SMILES string of the molecule is CCCN(CC)C(=O)c1cccc(C#CCN)c1C. The van der Waals surface area contributed by atoms with Crippen LogP contribution in [0.2, 0.25) is 0 Å². The van der Waals surface area contributed by atoms with Gasteiger partial charge in [0.05, 0.1) is 6.54 Å². The second-order valence-electron chi connectivity index (χ2n) is 4.37. The van der Waals surface area contributed by atoms with Crippen LogP contribution in [0.4, 0.5) is 0 Å². The summed E-state index contributed by atoms with van der Waals surface area (Å²) in [5.41, 5.74) is 7.93. The van der Waals surface area contributed by atoms with Gasteiger partial charge in [0, 0.05) is 24.2 Å². The molecule has 0 saturated heterocycles. The fourth-order valence-corrected chi connectivity index (χ4v) is 1.99. The Morgan fingerprint density at radius 2 is 2.11 bits per heavy atom. The predicted octanol–water partition coefficient (Wildman–Crippen LogP) is 2.18. The highest BCUT2D eigenvalue weighted by Crippen LogP contribution is 2.15. The number of carbonyl (C=O) groups is 1. The molecule has 0 heterocycles. The van der Waals surface area contributed by atoms with Crippen molar-refractivity contribution < 1.29 is 4.79 Å². The monoisotopic (exact) mass is 258 g/mol. The quantitative estimate of drug-likeness (QED) is 0.841. The summed E-state index contributed by atoms with van der Waals surface area (Å²) in [5.74, 6) is 5.93. The Morgan fingerprint density at radius 3 is 2.68 bits per heavy atom. The largest absolute Gasteiger partial charge is 0.339 e. The Hall–Kier alpha value is -1.79. The summed E-state index contributed by atoms with van der Waals surface area (Å²) in [4.78, 5) is 14.3. The van der Waals surface area contributed by atoms with Crippen molar-refractivity contribution >= 4 is 5.91 Å². The molecule has 0 aromatic heterocycles. The Balaban J connectivity index is 3.10. The van der Waals surface area contributed by atoms with E-state index in [9.17, 15) is 4.79 Å². The van der Waals surface area contributed by atoms with E-state index in [-0.39, 0.29) is 5.91 Å². The van der Waals surface area contributed by atoms with Crippen molar-refractivity contribution in [1.29, 1.82) is 0 Å². The first-order valence-electron chi connectivity index (χ1n) is 6.73. The summed E-state index contributed by atoms with van der Waals surface area (Å²) in [6, 6.07) is 5.66. The number of nitrogens with two attached hydrogens (primary N) is 1. The Labute approximate surface area is 115 Å². The summed E-state index contributed by atoms with van der Waals surface area (Å²) in [7, 11) is 0. The first-order valence-corrected chi connectivity index (χ1v) is 6.73. The zero-order valence-corrected chi connectivity index (χ0v) is 12.0. The molecule has 0 atom stereocenters. The number of nitrogens with zero attached hydrogens (tertiary/aromatic N) is 1. The normalized spacial score (nSPS) is 9.68. The molecular weight excluding hydrogens is 236 g/mol. The third kappa shape index (κ3) is 3.84. The summed E-state index contributed by atoms with van der Waals surface area (Å²) >= 11 is 0. The number of benzene rings is 1. The zero-order valence-electron chi connectivity index (χ0n) is 12.0. The van der Waals surface area contributed by atoms with Crippen LogP contribution in [-0.2, 0) is 0 Å². The molecule has 0 aliphatic carbocycles. The van der Waals surface area contributed by atoms with Crippen LogP contribution in [0.15, 0.2) is 18.2 Å². The van der Waals surface area contributed by atoms with Crippen molar-refractivity contribution in [3.05, 3.63) is 34.9 Å². The van der Waals surface area contributed by atoms with E-state index in [0.29, 0.717) is 6.54 Å². The second kappa shape index (κ2) is 7.60. The zero-order chi connectivity index (χ0) is 14.3. The average Bonchev–Trinajstić information content (AvgIpc) is 2.43. The summed E-state index contributed by atoms with van der Waals surface area (Å²) < 4.78 is 0. The van der Waals surface area contributed by atoms with Gasteiger partial charge >= 0.3 is 0 Å². The lowest BCUT2D eigenvalue weighted by atomic mass is 10.0. The molecular formula is C16H22N2O. The Kier molecular flexibility index (Phi) is 6.11. The number of hydrogen-bond donors (Lipinski definition) is 1. The standard InChI is InChI=1S/C16H22N2O/c1-4-12-18(5-2)16(19)15-10-6-8-14(13(15)3)9-7-11-17/h6,8,10H,4-5,11-12,17H2,1-3H3. The summed E-state index contributed by atoms with van der Waals surface area (Å²) in [6.07, 6.45) is 0.964. The first-order chi connectivity index (χ1) is 9.15. The fraction of sp³-hybridized carbons (Fsp3) is 0.438. The van der Waals surface area contributed by atoms with Crippen molar-refractivity contribution in [2.45, 2.75) is 27.2 Å². The molecule has 0 saturated carbocycles. The highest BCUT2D eigenvalue weighted by molar-refractivity contribution is 5.96. The molecule has 0 radical (unpaired) electrons. The molecule has 3 heteroatoms. The van der Waals surface area contributed by atoms with Crippen LogP contribution < -0.4 is 5.73 Å². The molecule has 0 bridgehead atoms. The molecule has 3 nitrogen and oxygen atoms in total. The van der Waals surface area contributed by atoms with Gasteiger partial charge in [-0.15, -0.1) is 0 Å². The predicted molar refractivity (Wildman–Crippen MR) is 79.0 cm³/mol. The van der Waals surface area contributed by atoms with Gasteiger partial charge in [-0.1, -0.05) is 24.8 Å². The van der Waals surface area contributed by atoms with Crippen LogP contribution >= 0.6 is 0 Å². The van der Waals surface area contributed by atoms with Crippen molar-refractivity contribution in [1.82, 2.24) is 4.90 Å². The van der Waals surface area contributed by atoms with Gasteiger partial charge < -0.3 is 10.6 Å². The number of rotatable bonds is 4. The smallest absolute Gasteiger partial charge is 0.254 e. The van der Waals surface area contributed by atoms with Crippen molar-refractivity contribution in [3.63, 3.8) is 0 Å². The van der Waals surface area contributed by atoms with Gasteiger partial charge in [-0.25, -0.2) is 0 Å². The van der Waals surface area contributed by atoms with E-state index in [1.165, 1.54) is 0 Å². The molecule has 1 rings (SSSR count). The molecule has 2 N–H and O–H groups in total. The molecule has 1 aromatic rings. The van der Waals surface area contributed by atoms with E-state index in [0.717, 1.165) is 36.2 Å². The van der Waals surface area contributed by atoms with E-state index in [1.54, 1.807) is 0 Å². The maximum atomic E-state index is 12.5.